The number of aliphatic carboxylic acids is 1. The van der Waals surface area contributed by atoms with Crippen LogP contribution in [0.2, 0.25) is 0 Å². The van der Waals surface area contributed by atoms with Crippen LogP contribution in [-0.4, -0.2) is 23.1 Å². The number of hydrogen-bond acceptors (Lipinski definition) is 3. The Morgan fingerprint density at radius 3 is 2.88 bits per heavy atom. The van der Waals surface area contributed by atoms with Crippen LogP contribution in [0.3, 0.4) is 0 Å². The van der Waals surface area contributed by atoms with E-state index < -0.39 is 5.97 Å². The summed E-state index contributed by atoms with van der Waals surface area (Å²) in [5.74, 6) is 4.23. The Bertz CT molecular complexity index is 469. The summed E-state index contributed by atoms with van der Waals surface area (Å²) in [6, 6.07) is 5.02. The summed E-state index contributed by atoms with van der Waals surface area (Å²) in [6.07, 6.45) is 0.784. The maximum atomic E-state index is 10.7. The molecule has 16 heavy (non-hydrogen) atoms. The maximum absolute atomic E-state index is 10.7. The van der Waals surface area contributed by atoms with Crippen molar-refractivity contribution in [3.63, 3.8) is 0 Å². The number of thioether (sulfide) groups is 1. The summed E-state index contributed by atoms with van der Waals surface area (Å²) in [5.41, 5.74) is 1.21. The molecule has 0 aliphatic rings. The van der Waals surface area contributed by atoms with Crippen molar-refractivity contribution in [1.29, 1.82) is 0 Å². The van der Waals surface area contributed by atoms with Crippen LogP contribution in [0.1, 0.15) is 22.8 Å². The number of rotatable bonds is 3. The van der Waals surface area contributed by atoms with Gasteiger partial charge in [0.25, 0.3) is 0 Å². The smallest absolute Gasteiger partial charge is 0.382 e. The molecular formula is C12H10O3S. The van der Waals surface area contributed by atoms with Crippen molar-refractivity contribution in [3.05, 3.63) is 29.3 Å². The van der Waals surface area contributed by atoms with Gasteiger partial charge in [-0.1, -0.05) is 12.8 Å². The number of carbonyl (C=O) groups excluding carboxylic acids is 1. The zero-order valence-electron chi connectivity index (χ0n) is 8.69. The van der Waals surface area contributed by atoms with Gasteiger partial charge in [0.2, 0.25) is 0 Å². The first-order valence-electron chi connectivity index (χ1n) is 4.64. The number of aldehydes is 1. The lowest BCUT2D eigenvalue weighted by molar-refractivity contribution is -0.130. The van der Waals surface area contributed by atoms with Gasteiger partial charge in [-0.15, -0.1) is 11.8 Å². The molecule has 0 heterocycles. The van der Waals surface area contributed by atoms with E-state index in [-0.39, 0.29) is 0 Å². The monoisotopic (exact) mass is 234 g/mol. The Labute approximate surface area is 97.9 Å². The molecule has 1 rings (SSSR count). The molecule has 0 radical (unpaired) electrons. The van der Waals surface area contributed by atoms with Crippen LogP contribution in [0.15, 0.2) is 23.1 Å². The number of hydrogen-bond donors (Lipinski definition) is 1. The molecule has 0 amide bonds. The highest BCUT2D eigenvalue weighted by atomic mass is 32.2. The SMILES string of the molecule is CCSc1cc(C#CC(=O)O)ccc1C=O. The Morgan fingerprint density at radius 2 is 2.31 bits per heavy atom. The van der Waals surface area contributed by atoms with Crippen molar-refractivity contribution in [1.82, 2.24) is 0 Å². The molecule has 0 fully saturated rings. The lowest BCUT2D eigenvalue weighted by atomic mass is 10.1. The molecule has 0 aliphatic carbocycles. The molecule has 0 atom stereocenters. The maximum Gasteiger partial charge on any atom is 0.382 e. The van der Waals surface area contributed by atoms with Gasteiger partial charge in [-0.3, -0.25) is 4.79 Å². The van der Waals surface area contributed by atoms with Crippen molar-refractivity contribution >= 4 is 24.0 Å². The zero-order chi connectivity index (χ0) is 12.0. The van der Waals surface area contributed by atoms with Crippen LogP contribution < -0.4 is 0 Å². The van der Waals surface area contributed by atoms with Crippen molar-refractivity contribution in [2.45, 2.75) is 11.8 Å². The summed E-state index contributed by atoms with van der Waals surface area (Å²) >= 11 is 1.53. The minimum atomic E-state index is -1.16. The molecule has 3 nitrogen and oxygen atoms in total. The first kappa shape index (κ1) is 12.3. The molecular weight excluding hydrogens is 224 g/mol. The average molecular weight is 234 g/mol. The van der Waals surface area contributed by atoms with Gasteiger partial charge in [-0.25, -0.2) is 4.79 Å². The quantitative estimate of drug-likeness (QED) is 0.494. The minimum absolute atomic E-state index is 0.601. The van der Waals surface area contributed by atoms with E-state index in [1.54, 1.807) is 18.2 Å². The predicted octanol–water partition coefficient (Wildman–Crippen LogP) is 2.05. The fraction of sp³-hybridized carbons (Fsp3) is 0.167. The van der Waals surface area contributed by atoms with Crippen molar-refractivity contribution in [2.75, 3.05) is 5.75 Å². The summed E-state index contributed by atoms with van der Waals surface area (Å²) in [5, 5.41) is 8.41. The third kappa shape index (κ3) is 3.44. The van der Waals surface area contributed by atoms with E-state index in [0.29, 0.717) is 11.1 Å². The molecule has 0 saturated heterocycles. The molecule has 4 heteroatoms. The van der Waals surface area contributed by atoms with Gasteiger partial charge in [-0.05, 0) is 24.0 Å². The fourth-order valence-corrected chi connectivity index (χ4v) is 1.92. The number of benzene rings is 1. The van der Waals surface area contributed by atoms with Crippen LogP contribution in [0.4, 0.5) is 0 Å². The lowest BCUT2D eigenvalue weighted by Crippen LogP contribution is -1.90. The molecule has 82 valence electrons. The molecule has 1 N–H and O–H groups in total. The first-order valence-corrected chi connectivity index (χ1v) is 5.63. The lowest BCUT2D eigenvalue weighted by Gasteiger charge is -2.02. The van der Waals surface area contributed by atoms with Gasteiger partial charge in [0.15, 0.2) is 6.29 Å². The van der Waals surface area contributed by atoms with E-state index >= 15 is 0 Å². The van der Waals surface area contributed by atoms with Crippen LogP contribution in [0.25, 0.3) is 0 Å². The highest BCUT2D eigenvalue weighted by Gasteiger charge is 2.02. The molecule has 0 unspecified atom stereocenters. The first-order chi connectivity index (χ1) is 7.67. The summed E-state index contributed by atoms with van der Waals surface area (Å²) < 4.78 is 0. The zero-order valence-corrected chi connectivity index (χ0v) is 9.50. The van der Waals surface area contributed by atoms with Gasteiger partial charge in [0.1, 0.15) is 0 Å². The van der Waals surface area contributed by atoms with E-state index in [9.17, 15) is 9.59 Å². The molecule has 1 aromatic carbocycles. The highest BCUT2D eigenvalue weighted by molar-refractivity contribution is 7.99. The summed E-state index contributed by atoms with van der Waals surface area (Å²) in [6.45, 7) is 1.98. The van der Waals surface area contributed by atoms with Gasteiger partial charge >= 0.3 is 5.97 Å². The van der Waals surface area contributed by atoms with E-state index in [4.69, 9.17) is 5.11 Å². The standard InChI is InChI=1S/C12H10O3S/c1-2-16-11-7-9(4-6-12(14)15)3-5-10(11)8-13/h3,5,7-8H,2H2,1H3,(H,14,15). The van der Waals surface area contributed by atoms with Gasteiger partial charge < -0.3 is 5.11 Å². The largest absolute Gasteiger partial charge is 0.472 e. The van der Waals surface area contributed by atoms with Crippen LogP contribution >= 0.6 is 11.8 Å². The second-order valence-electron chi connectivity index (χ2n) is 2.86. The van der Waals surface area contributed by atoms with Gasteiger partial charge in [-0.2, -0.15) is 0 Å². The minimum Gasteiger partial charge on any atom is -0.472 e. The van der Waals surface area contributed by atoms with E-state index in [2.05, 4.69) is 5.92 Å². The molecule has 0 bridgehead atoms. The molecule has 1 aromatic rings. The van der Waals surface area contributed by atoms with E-state index in [1.165, 1.54) is 11.8 Å². The Morgan fingerprint density at radius 1 is 1.56 bits per heavy atom. The Balaban J connectivity index is 3.07. The van der Waals surface area contributed by atoms with Crippen molar-refractivity contribution in [3.8, 4) is 11.8 Å². The Hall–Kier alpha value is -1.73. The molecule has 0 saturated carbocycles. The summed E-state index contributed by atoms with van der Waals surface area (Å²) in [4.78, 5) is 21.8. The molecule has 0 spiro atoms. The van der Waals surface area contributed by atoms with Crippen LogP contribution in [0.5, 0.6) is 0 Å². The Kier molecular flexibility index (Phi) is 4.62. The number of carboxylic acid groups (broad SMARTS) is 1. The second-order valence-corrected chi connectivity index (χ2v) is 4.16. The summed E-state index contributed by atoms with van der Waals surface area (Å²) in [7, 11) is 0. The third-order valence-electron chi connectivity index (χ3n) is 1.75. The average Bonchev–Trinajstić information content (AvgIpc) is 2.27. The van der Waals surface area contributed by atoms with Crippen LogP contribution in [-0.2, 0) is 4.79 Å². The van der Waals surface area contributed by atoms with Crippen LogP contribution in [0, 0.1) is 11.8 Å². The molecule has 0 aliphatic heterocycles. The topological polar surface area (TPSA) is 54.4 Å². The van der Waals surface area contributed by atoms with E-state index in [1.807, 2.05) is 12.8 Å². The third-order valence-corrected chi connectivity index (χ3v) is 2.71. The van der Waals surface area contributed by atoms with E-state index in [0.717, 1.165) is 16.9 Å². The van der Waals surface area contributed by atoms with Crippen molar-refractivity contribution < 1.29 is 14.7 Å². The highest BCUT2D eigenvalue weighted by Crippen LogP contribution is 2.22. The number of carboxylic acids is 1. The number of carbonyl (C=O) groups is 2. The second kappa shape index (κ2) is 5.99. The van der Waals surface area contributed by atoms with Crippen molar-refractivity contribution in [2.24, 2.45) is 0 Å². The predicted molar refractivity (Wildman–Crippen MR) is 62.7 cm³/mol. The fourth-order valence-electron chi connectivity index (χ4n) is 1.12. The van der Waals surface area contributed by atoms with Gasteiger partial charge in [0.05, 0.1) is 0 Å². The molecule has 0 aromatic heterocycles. The normalized spacial score (nSPS) is 9.06. The van der Waals surface area contributed by atoms with Gasteiger partial charge in [0, 0.05) is 21.9 Å².